The molecule has 16 heteroatoms. The Morgan fingerprint density at radius 3 is 1.91 bits per heavy atom. The van der Waals surface area contributed by atoms with Crippen LogP contribution in [0.4, 0.5) is 10.6 Å². The maximum absolute atomic E-state index is 13.9. The number of hydrogen-bond acceptors (Lipinski definition) is 12. The van der Waals surface area contributed by atoms with Crippen LogP contribution >= 0.6 is 0 Å². The van der Waals surface area contributed by atoms with Crippen molar-refractivity contribution in [3.8, 4) is 0 Å². The number of likely N-dealkylation sites (tertiary alicyclic amines) is 1. The number of likely N-dealkylation sites (N-methyl/N-ethyl adjacent to an activating group) is 1. The summed E-state index contributed by atoms with van der Waals surface area (Å²) in [5, 5.41) is 12.1. The van der Waals surface area contributed by atoms with E-state index < -0.39 is 42.4 Å². The lowest BCUT2D eigenvalue weighted by molar-refractivity contribution is -0.137. The summed E-state index contributed by atoms with van der Waals surface area (Å²) < 4.78 is 20.3. The second kappa shape index (κ2) is 21.5. The van der Waals surface area contributed by atoms with Gasteiger partial charge < -0.3 is 40.4 Å². The number of carbonyl (C=O) groups excluding carboxylic acids is 4. The number of fused-ring (bicyclic) bond motifs is 1. The molecule has 0 aliphatic carbocycles. The van der Waals surface area contributed by atoms with Crippen LogP contribution < -0.4 is 21.3 Å². The van der Waals surface area contributed by atoms with Crippen molar-refractivity contribution in [1.82, 2.24) is 40.4 Å². The highest BCUT2D eigenvalue weighted by Gasteiger charge is 2.54. The summed E-state index contributed by atoms with van der Waals surface area (Å²) in [6.45, 7) is 5.64. The summed E-state index contributed by atoms with van der Waals surface area (Å²) in [5.74, 6) is -1.52. The van der Waals surface area contributed by atoms with Crippen molar-refractivity contribution in [1.29, 1.82) is 0 Å². The second-order valence-electron chi connectivity index (χ2n) is 15.9. The van der Waals surface area contributed by atoms with Crippen LogP contribution in [0.25, 0.3) is 11.2 Å². The first kappa shape index (κ1) is 44.4. The summed E-state index contributed by atoms with van der Waals surface area (Å²) in [6, 6.07) is 36.5. The molecule has 8 rings (SSSR count). The van der Waals surface area contributed by atoms with Crippen molar-refractivity contribution in [2.24, 2.45) is 0 Å². The number of imidazole rings is 1. The molecule has 2 fully saturated rings. The van der Waals surface area contributed by atoms with Crippen LogP contribution in [-0.2, 0) is 25.5 Å². The molecule has 336 valence electrons. The largest absolute Gasteiger partial charge is 0.451 e. The predicted octanol–water partition coefficient (Wildman–Crippen LogP) is 5.84. The van der Waals surface area contributed by atoms with Gasteiger partial charge >= 0.3 is 18.0 Å². The maximum atomic E-state index is 13.9. The Morgan fingerprint density at radius 1 is 0.723 bits per heavy atom. The number of urea groups is 1. The number of piperidine rings is 1. The number of nitrogens with zero attached hydrogens (tertiary/aromatic N) is 5. The van der Waals surface area contributed by atoms with Crippen molar-refractivity contribution in [3.05, 3.63) is 156 Å². The molecule has 4 atom stereocenters. The monoisotopic (exact) mass is 879 g/mol. The first-order chi connectivity index (χ1) is 31.9. The summed E-state index contributed by atoms with van der Waals surface area (Å²) in [4.78, 5) is 71.3. The van der Waals surface area contributed by atoms with Crippen molar-refractivity contribution in [2.45, 2.75) is 63.2 Å². The lowest BCUT2D eigenvalue weighted by atomic mass is 9.91. The molecule has 0 spiro atoms. The number of aromatic nitrogens is 4. The molecule has 4 aromatic carbocycles. The van der Waals surface area contributed by atoms with E-state index in [0.717, 1.165) is 43.6 Å². The van der Waals surface area contributed by atoms with Gasteiger partial charge in [0.05, 0.1) is 24.0 Å². The Kier molecular flexibility index (Phi) is 14.7. The van der Waals surface area contributed by atoms with Crippen molar-refractivity contribution in [2.75, 3.05) is 44.6 Å². The van der Waals surface area contributed by atoms with Gasteiger partial charge in [-0.3, -0.25) is 9.36 Å². The van der Waals surface area contributed by atoms with Gasteiger partial charge in [0.25, 0.3) is 5.91 Å². The van der Waals surface area contributed by atoms with Crippen LogP contribution in [0.15, 0.2) is 128 Å². The molecule has 65 heavy (non-hydrogen) atoms. The van der Waals surface area contributed by atoms with E-state index in [9.17, 15) is 19.2 Å². The summed E-state index contributed by atoms with van der Waals surface area (Å²) in [7, 11) is 0. The number of nitrogens with one attached hydrogen (secondary N) is 4. The van der Waals surface area contributed by atoms with Gasteiger partial charge in [0.15, 0.2) is 47.3 Å². The molecule has 0 unspecified atom stereocenters. The van der Waals surface area contributed by atoms with Gasteiger partial charge in [-0.05, 0) is 68.2 Å². The Hall–Kier alpha value is -7.17. The SMILES string of the molecule is CCNC(=O)[C@H]1O[C@@H](n2cnc3c(NCC(c4ccccc4)c4ccccc4)nc(CNC(=O)NCCN4CCCCC4)nc32)[C@H](OC(=O)c2ccccc2)[C@@H]1OC(=O)c1ccccc1. The zero-order valence-corrected chi connectivity index (χ0v) is 36.2. The van der Waals surface area contributed by atoms with Gasteiger partial charge in [-0.1, -0.05) is 103 Å². The first-order valence-electron chi connectivity index (χ1n) is 22.1. The minimum atomic E-state index is -1.41. The Balaban J connectivity index is 1.15. The second-order valence-corrected chi connectivity index (χ2v) is 15.9. The molecular formula is C49H53N9O7. The Morgan fingerprint density at radius 2 is 1.31 bits per heavy atom. The van der Waals surface area contributed by atoms with Gasteiger partial charge in [0, 0.05) is 32.1 Å². The molecule has 6 aromatic rings. The van der Waals surface area contributed by atoms with Crippen molar-refractivity contribution >= 4 is 40.9 Å². The fraction of sp³-hybridized carbons (Fsp3) is 0.327. The van der Waals surface area contributed by atoms with Gasteiger partial charge in [-0.15, -0.1) is 0 Å². The van der Waals surface area contributed by atoms with Crippen LogP contribution in [0.3, 0.4) is 0 Å². The number of rotatable bonds is 17. The van der Waals surface area contributed by atoms with Crippen molar-refractivity contribution in [3.63, 3.8) is 0 Å². The minimum Gasteiger partial charge on any atom is -0.451 e. The van der Waals surface area contributed by atoms with E-state index in [2.05, 4.69) is 50.4 Å². The van der Waals surface area contributed by atoms with Gasteiger partial charge in [0.1, 0.15) is 0 Å². The van der Waals surface area contributed by atoms with E-state index in [1.165, 1.54) is 12.7 Å². The standard InChI is InChI=1S/C49H53N9O7/c1-2-50-45(59)41-40(64-47(60)35-22-12-5-13-23-35)42(65-48(61)36-24-14-6-15-25-36)46(63-41)58-32-54-39-43(52-30-37(33-18-8-3-9-19-33)34-20-10-4-11-21-34)55-38(56-44(39)58)31-53-49(62)51-26-29-57-27-16-7-17-28-57/h3-6,8-15,18-25,32,37,40-42,46H,2,7,16-17,26-31H2,1H3,(H,50,59)(H2,51,53,62)(H,52,55,56)/t40-,41+,42-,46-/m1/s1. The van der Waals surface area contributed by atoms with E-state index in [4.69, 9.17) is 29.2 Å². The highest BCUT2D eigenvalue weighted by atomic mass is 16.6. The molecular weight excluding hydrogens is 827 g/mol. The van der Waals surface area contributed by atoms with Crippen LogP contribution in [-0.4, -0.2) is 106 Å². The molecule has 2 aliphatic rings. The fourth-order valence-electron chi connectivity index (χ4n) is 8.22. The molecule has 4 N–H and O–H groups in total. The van der Waals surface area contributed by atoms with Crippen molar-refractivity contribution < 1.29 is 33.4 Å². The normalized spacial score (nSPS) is 18.5. The van der Waals surface area contributed by atoms with E-state index in [-0.39, 0.29) is 47.6 Å². The highest BCUT2D eigenvalue weighted by Crippen LogP contribution is 2.38. The van der Waals surface area contributed by atoms with E-state index in [1.807, 2.05) is 36.4 Å². The van der Waals surface area contributed by atoms with E-state index in [0.29, 0.717) is 24.4 Å². The van der Waals surface area contributed by atoms with Crippen LogP contribution in [0.5, 0.6) is 0 Å². The maximum Gasteiger partial charge on any atom is 0.338 e. The molecule has 2 saturated heterocycles. The first-order valence-corrected chi connectivity index (χ1v) is 22.1. The third-order valence-corrected chi connectivity index (χ3v) is 11.5. The molecule has 4 heterocycles. The van der Waals surface area contributed by atoms with Crippen LogP contribution in [0, 0.1) is 0 Å². The third-order valence-electron chi connectivity index (χ3n) is 11.5. The highest BCUT2D eigenvalue weighted by molar-refractivity contribution is 5.91. The molecule has 3 amide bonds. The molecule has 2 aliphatic heterocycles. The number of carbonyl (C=O) groups is 4. The smallest absolute Gasteiger partial charge is 0.338 e. The summed E-state index contributed by atoms with van der Waals surface area (Å²) >= 11 is 0. The lowest BCUT2D eigenvalue weighted by Crippen LogP contribution is -2.46. The van der Waals surface area contributed by atoms with Gasteiger partial charge in [-0.2, -0.15) is 0 Å². The minimum absolute atomic E-state index is 0.0526. The van der Waals surface area contributed by atoms with Crippen LogP contribution in [0.2, 0.25) is 0 Å². The summed E-state index contributed by atoms with van der Waals surface area (Å²) in [6.07, 6.45) is -0.467. The molecule has 0 bridgehead atoms. The third kappa shape index (κ3) is 11.0. The molecule has 2 aromatic heterocycles. The average Bonchev–Trinajstić information content (AvgIpc) is 3.93. The van der Waals surface area contributed by atoms with Gasteiger partial charge in [0.2, 0.25) is 0 Å². The lowest BCUT2D eigenvalue weighted by Gasteiger charge is -2.26. The predicted molar refractivity (Wildman–Crippen MR) is 243 cm³/mol. The topological polar surface area (TPSA) is 191 Å². The van der Waals surface area contributed by atoms with Gasteiger partial charge in [-0.25, -0.2) is 29.3 Å². The quantitative estimate of drug-likeness (QED) is 0.0803. The van der Waals surface area contributed by atoms with E-state index >= 15 is 0 Å². The molecule has 0 saturated carbocycles. The zero-order chi connectivity index (χ0) is 45.0. The Labute approximate surface area is 377 Å². The molecule has 0 radical (unpaired) electrons. The summed E-state index contributed by atoms with van der Waals surface area (Å²) in [5.41, 5.74) is 3.22. The van der Waals surface area contributed by atoms with E-state index in [1.54, 1.807) is 72.2 Å². The number of esters is 2. The van der Waals surface area contributed by atoms with Crippen LogP contribution in [0.1, 0.15) is 76.0 Å². The number of benzene rings is 4. The number of amides is 3. The fourth-order valence-corrected chi connectivity index (χ4v) is 8.22. The molecule has 16 nitrogen and oxygen atoms in total. The number of hydrogen-bond donors (Lipinski definition) is 4. The number of ether oxygens (including phenoxy) is 3. The Bertz CT molecular complexity index is 2480. The number of anilines is 1. The zero-order valence-electron chi connectivity index (χ0n) is 36.2. The average molecular weight is 880 g/mol.